The fraction of sp³-hybridized carbons (Fsp3) is 1.00. The lowest BCUT2D eigenvalue weighted by Crippen LogP contribution is -2.31. The van der Waals surface area contributed by atoms with Crippen LogP contribution in [0.1, 0.15) is 45.4 Å². The van der Waals surface area contributed by atoms with Crippen molar-refractivity contribution < 1.29 is 0 Å². The first kappa shape index (κ1) is 12.4. The summed E-state index contributed by atoms with van der Waals surface area (Å²) in [6.45, 7) is 2.25. The molecule has 1 aliphatic rings. The van der Waals surface area contributed by atoms with Gasteiger partial charge in [-0.3, -0.25) is 0 Å². The van der Waals surface area contributed by atoms with E-state index >= 15 is 0 Å². The molecule has 2 heteroatoms. The van der Waals surface area contributed by atoms with Crippen molar-refractivity contribution in [3.63, 3.8) is 0 Å². The highest BCUT2D eigenvalue weighted by atomic mass is 32.2. The summed E-state index contributed by atoms with van der Waals surface area (Å²) < 4.78 is 0. The van der Waals surface area contributed by atoms with Crippen LogP contribution in [0.5, 0.6) is 0 Å². The van der Waals surface area contributed by atoms with Crippen LogP contribution >= 0.6 is 11.8 Å². The van der Waals surface area contributed by atoms with E-state index in [9.17, 15) is 0 Å². The molecule has 1 nitrogen and oxygen atoms in total. The van der Waals surface area contributed by atoms with Crippen molar-refractivity contribution in [2.45, 2.75) is 51.5 Å². The second kappa shape index (κ2) is 7.58. The smallest absolute Gasteiger partial charge is 0.00667 e. The zero-order valence-corrected chi connectivity index (χ0v) is 10.5. The van der Waals surface area contributed by atoms with E-state index < -0.39 is 0 Å². The summed E-state index contributed by atoms with van der Waals surface area (Å²) >= 11 is 2.09. The van der Waals surface area contributed by atoms with Gasteiger partial charge in [-0.15, -0.1) is 0 Å². The summed E-state index contributed by atoms with van der Waals surface area (Å²) in [6.07, 6.45) is 8.64. The molecule has 84 valence electrons. The Balaban J connectivity index is 2.05. The summed E-state index contributed by atoms with van der Waals surface area (Å²) in [5.74, 6) is 3.67. The van der Waals surface area contributed by atoms with Gasteiger partial charge in [-0.1, -0.05) is 19.8 Å². The maximum atomic E-state index is 3.43. The Bertz CT molecular complexity index is 138. The van der Waals surface area contributed by atoms with E-state index in [4.69, 9.17) is 0 Å². The van der Waals surface area contributed by atoms with E-state index in [0.29, 0.717) is 0 Å². The Labute approximate surface area is 93.4 Å². The van der Waals surface area contributed by atoms with Crippen LogP contribution < -0.4 is 5.32 Å². The van der Waals surface area contributed by atoms with Crippen LogP contribution in [0.3, 0.4) is 0 Å². The topological polar surface area (TPSA) is 12.0 Å². The molecule has 2 atom stereocenters. The standard InChI is InChI=1S/C12H25NS/c1-3-14-9-5-7-11-6-4-8-12(10-11)13-2/h11-13H,3-10H2,1-2H3. The summed E-state index contributed by atoms with van der Waals surface area (Å²) in [7, 11) is 2.11. The molecule has 1 aliphatic carbocycles. The molecule has 0 spiro atoms. The van der Waals surface area contributed by atoms with E-state index in [-0.39, 0.29) is 0 Å². The number of hydrogen-bond donors (Lipinski definition) is 1. The normalized spacial score (nSPS) is 27.9. The minimum absolute atomic E-state index is 0.813. The molecule has 0 saturated heterocycles. The quantitative estimate of drug-likeness (QED) is 0.682. The predicted molar refractivity (Wildman–Crippen MR) is 67.0 cm³/mol. The monoisotopic (exact) mass is 215 g/mol. The lowest BCUT2D eigenvalue weighted by Gasteiger charge is -2.28. The van der Waals surface area contributed by atoms with Crippen LogP contribution in [0.2, 0.25) is 0 Å². The summed E-state index contributed by atoms with van der Waals surface area (Å²) in [4.78, 5) is 0. The van der Waals surface area contributed by atoms with Gasteiger partial charge < -0.3 is 5.32 Å². The summed E-state index contributed by atoms with van der Waals surface area (Å²) in [5, 5.41) is 3.43. The first-order chi connectivity index (χ1) is 6.86. The van der Waals surface area contributed by atoms with Crippen LogP contribution in [0.25, 0.3) is 0 Å². The van der Waals surface area contributed by atoms with Crippen LogP contribution in [0, 0.1) is 5.92 Å². The molecular formula is C12H25NS. The van der Waals surface area contributed by atoms with E-state index in [2.05, 4.69) is 31.1 Å². The van der Waals surface area contributed by atoms with Crippen LogP contribution in [0.4, 0.5) is 0 Å². The maximum Gasteiger partial charge on any atom is 0.00667 e. The van der Waals surface area contributed by atoms with Gasteiger partial charge in [-0.25, -0.2) is 0 Å². The SMILES string of the molecule is CCSCCCC1CCCC(NC)C1. The molecule has 0 aromatic carbocycles. The Morgan fingerprint density at radius 3 is 2.93 bits per heavy atom. The molecule has 0 bridgehead atoms. The van der Waals surface area contributed by atoms with Gasteiger partial charge in [0.2, 0.25) is 0 Å². The van der Waals surface area contributed by atoms with E-state index in [1.165, 1.54) is 50.0 Å². The average Bonchev–Trinajstić information content (AvgIpc) is 2.25. The van der Waals surface area contributed by atoms with Crippen LogP contribution in [0.15, 0.2) is 0 Å². The molecule has 0 aromatic rings. The van der Waals surface area contributed by atoms with Gasteiger partial charge in [0.1, 0.15) is 0 Å². The molecule has 0 aromatic heterocycles. The Kier molecular flexibility index (Phi) is 6.70. The molecule has 1 N–H and O–H groups in total. The molecule has 0 aliphatic heterocycles. The van der Waals surface area contributed by atoms with E-state index in [0.717, 1.165) is 12.0 Å². The fourth-order valence-corrected chi connectivity index (χ4v) is 3.09. The van der Waals surface area contributed by atoms with E-state index in [1.807, 2.05) is 0 Å². The third-order valence-electron chi connectivity index (χ3n) is 3.30. The number of rotatable bonds is 6. The number of hydrogen-bond acceptors (Lipinski definition) is 2. The third kappa shape index (κ3) is 4.70. The van der Waals surface area contributed by atoms with Crippen LogP contribution in [-0.2, 0) is 0 Å². The molecule has 1 fully saturated rings. The van der Waals surface area contributed by atoms with Gasteiger partial charge in [0.25, 0.3) is 0 Å². The molecule has 0 heterocycles. The van der Waals surface area contributed by atoms with Crippen molar-refractivity contribution in [1.29, 1.82) is 0 Å². The second-order valence-corrected chi connectivity index (χ2v) is 5.75. The molecule has 14 heavy (non-hydrogen) atoms. The Morgan fingerprint density at radius 1 is 1.36 bits per heavy atom. The lowest BCUT2D eigenvalue weighted by molar-refractivity contribution is 0.281. The number of nitrogens with one attached hydrogen (secondary N) is 1. The van der Waals surface area contributed by atoms with Gasteiger partial charge in [-0.2, -0.15) is 11.8 Å². The van der Waals surface area contributed by atoms with Gasteiger partial charge in [-0.05, 0) is 50.2 Å². The molecule has 2 unspecified atom stereocenters. The zero-order chi connectivity index (χ0) is 10.2. The average molecular weight is 215 g/mol. The van der Waals surface area contributed by atoms with Crippen molar-refractivity contribution in [2.75, 3.05) is 18.6 Å². The Hall–Kier alpha value is 0.310. The van der Waals surface area contributed by atoms with Gasteiger partial charge in [0.15, 0.2) is 0 Å². The molecule has 0 amide bonds. The lowest BCUT2D eigenvalue weighted by atomic mass is 9.83. The zero-order valence-electron chi connectivity index (χ0n) is 9.72. The minimum atomic E-state index is 0.813. The Morgan fingerprint density at radius 2 is 2.21 bits per heavy atom. The van der Waals surface area contributed by atoms with Crippen LogP contribution in [-0.4, -0.2) is 24.6 Å². The molecule has 1 rings (SSSR count). The largest absolute Gasteiger partial charge is 0.317 e. The minimum Gasteiger partial charge on any atom is -0.317 e. The molecule has 1 saturated carbocycles. The first-order valence-corrected chi connectivity index (χ1v) is 7.27. The fourth-order valence-electron chi connectivity index (χ4n) is 2.43. The highest BCUT2D eigenvalue weighted by Crippen LogP contribution is 2.28. The first-order valence-electron chi connectivity index (χ1n) is 6.11. The van der Waals surface area contributed by atoms with E-state index in [1.54, 1.807) is 0 Å². The highest BCUT2D eigenvalue weighted by molar-refractivity contribution is 7.99. The van der Waals surface area contributed by atoms with Crippen molar-refractivity contribution in [1.82, 2.24) is 5.32 Å². The second-order valence-electron chi connectivity index (χ2n) is 4.36. The van der Waals surface area contributed by atoms with Crippen molar-refractivity contribution in [3.05, 3.63) is 0 Å². The highest BCUT2D eigenvalue weighted by Gasteiger charge is 2.19. The molecular weight excluding hydrogens is 190 g/mol. The number of thioether (sulfide) groups is 1. The van der Waals surface area contributed by atoms with Crippen molar-refractivity contribution in [3.8, 4) is 0 Å². The van der Waals surface area contributed by atoms with Gasteiger partial charge in [0.05, 0.1) is 0 Å². The maximum absolute atomic E-state index is 3.43. The third-order valence-corrected chi connectivity index (χ3v) is 4.28. The predicted octanol–water partition coefficient (Wildman–Crippen LogP) is 3.30. The summed E-state index contributed by atoms with van der Waals surface area (Å²) in [5.41, 5.74) is 0. The van der Waals surface area contributed by atoms with Crippen molar-refractivity contribution in [2.24, 2.45) is 5.92 Å². The van der Waals surface area contributed by atoms with Crippen molar-refractivity contribution >= 4 is 11.8 Å². The molecule has 0 radical (unpaired) electrons. The van der Waals surface area contributed by atoms with Gasteiger partial charge >= 0.3 is 0 Å². The summed E-state index contributed by atoms with van der Waals surface area (Å²) in [6, 6.07) is 0.813. The van der Waals surface area contributed by atoms with Gasteiger partial charge in [0, 0.05) is 6.04 Å².